The van der Waals surface area contributed by atoms with Gasteiger partial charge in [0.2, 0.25) is 0 Å². The molecule has 0 amide bonds. The summed E-state index contributed by atoms with van der Waals surface area (Å²) in [5, 5.41) is 0.0434. The van der Waals surface area contributed by atoms with E-state index in [1.54, 1.807) is 0 Å². The first-order chi connectivity index (χ1) is 6.07. The average molecular weight is 246 g/mol. The zero-order chi connectivity index (χ0) is 10.0. The summed E-state index contributed by atoms with van der Waals surface area (Å²) in [5.74, 6) is -0.0140. The van der Waals surface area contributed by atoms with Gasteiger partial charge in [-0.05, 0) is 0 Å². The highest BCUT2D eigenvalue weighted by atomic mass is 35.5. The quantitative estimate of drug-likeness (QED) is 0.717. The van der Waals surface area contributed by atoms with Gasteiger partial charge >= 0.3 is 0 Å². The Hall–Kier alpha value is -0.120. The molecule has 0 N–H and O–H groups in total. The zero-order valence-corrected chi connectivity index (χ0v) is 8.47. The maximum Gasteiger partial charge on any atom is 0.281 e. The molecule has 0 saturated heterocycles. The fraction of sp³-hybridized carbons (Fsp3) is 0.286. The van der Waals surface area contributed by atoms with E-state index in [1.807, 2.05) is 0 Å². The van der Waals surface area contributed by atoms with Crippen LogP contribution >= 0.6 is 34.8 Å². The summed E-state index contributed by atoms with van der Waals surface area (Å²) in [6, 6.07) is 0. The molecule has 1 heterocycles. The van der Waals surface area contributed by atoms with Crippen molar-refractivity contribution in [2.45, 2.75) is 12.3 Å². The third-order valence-electron chi connectivity index (χ3n) is 1.44. The largest absolute Gasteiger partial charge is 0.281 e. The second kappa shape index (κ2) is 4.40. The lowest BCUT2D eigenvalue weighted by Gasteiger charge is -2.07. The molecule has 0 saturated carbocycles. The first-order valence-electron chi connectivity index (χ1n) is 3.24. The summed E-state index contributed by atoms with van der Waals surface area (Å²) in [6.07, 6.45) is -1.60. The van der Waals surface area contributed by atoms with Crippen molar-refractivity contribution in [3.8, 4) is 0 Å². The maximum atomic E-state index is 12.2. The molecule has 0 radical (unpaired) electrons. The van der Waals surface area contributed by atoms with Crippen LogP contribution in [0.1, 0.15) is 17.7 Å². The maximum absolute atomic E-state index is 12.2. The second-order valence-electron chi connectivity index (χ2n) is 2.22. The van der Waals surface area contributed by atoms with Crippen LogP contribution in [0.2, 0.25) is 10.0 Å². The van der Waals surface area contributed by atoms with Gasteiger partial charge in [0.1, 0.15) is 5.69 Å². The van der Waals surface area contributed by atoms with E-state index in [1.165, 1.54) is 0 Å². The molecule has 1 rings (SSSR count). The molecule has 0 aliphatic rings. The van der Waals surface area contributed by atoms with Crippen LogP contribution in [0.3, 0.4) is 0 Å². The molecule has 1 nitrogen and oxygen atoms in total. The van der Waals surface area contributed by atoms with Crippen molar-refractivity contribution < 1.29 is 8.78 Å². The predicted octanol–water partition coefficient (Wildman–Crippen LogP) is 4.06. The standard InChI is InChI=1S/C7H4Cl3F2N/c8-1-3-4(9)2-13-6(5(3)10)7(11)12/h2,7H,1H2. The van der Waals surface area contributed by atoms with Gasteiger partial charge in [0.25, 0.3) is 6.43 Å². The fourth-order valence-corrected chi connectivity index (χ4v) is 1.77. The Bertz CT molecular complexity index is 317. The van der Waals surface area contributed by atoms with Gasteiger partial charge in [0, 0.05) is 11.8 Å². The summed E-state index contributed by atoms with van der Waals surface area (Å²) in [5.41, 5.74) is -0.197. The van der Waals surface area contributed by atoms with E-state index in [0.29, 0.717) is 0 Å². The van der Waals surface area contributed by atoms with E-state index in [-0.39, 0.29) is 21.5 Å². The minimum atomic E-state index is -2.72. The van der Waals surface area contributed by atoms with E-state index >= 15 is 0 Å². The summed E-state index contributed by atoms with van der Waals surface area (Å²) in [6.45, 7) is 0. The molecular weight excluding hydrogens is 242 g/mol. The predicted molar refractivity (Wildman–Crippen MR) is 48.8 cm³/mol. The Labute approximate surface area is 88.6 Å². The molecule has 72 valence electrons. The van der Waals surface area contributed by atoms with Crippen molar-refractivity contribution in [1.29, 1.82) is 0 Å². The van der Waals surface area contributed by atoms with E-state index in [4.69, 9.17) is 34.8 Å². The van der Waals surface area contributed by atoms with Gasteiger partial charge in [0.15, 0.2) is 0 Å². The number of nitrogens with zero attached hydrogens (tertiary/aromatic N) is 1. The number of alkyl halides is 3. The van der Waals surface area contributed by atoms with Crippen LogP contribution in [0.25, 0.3) is 0 Å². The van der Waals surface area contributed by atoms with Crippen LogP contribution in [0.5, 0.6) is 0 Å². The van der Waals surface area contributed by atoms with Crippen LogP contribution < -0.4 is 0 Å². The number of aromatic nitrogens is 1. The molecule has 0 bridgehead atoms. The van der Waals surface area contributed by atoms with Crippen molar-refractivity contribution in [3.05, 3.63) is 27.5 Å². The number of halogens is 5. The molecule has 0 atom stereocenters. The zero-order valence-electron chi connectivity index (χ0n) is 6.20. The molecule has 0 unspecified atom stereocenters. The minimum Gasteiger partial charge on any atom is -0.252 e. The Morgan fingerprint density at radius 3 is 2.46 bits per heavy atom. The van der Waals surface area contributed by atoms with E-state index in [2.05, 4.69) is 4.98 Å². The topological polar surface area (TPSA) is 12.9 Å². The highest BCUT2D eigenvalue weighted by Crippen LogP contribution is 2.32. The Morgan fingerprint density at radius 2 is 2.00 bits per heavy atom. The van der Waals surface area contributed by atoms with Gasteiger partial charge in [-0.15, -0.1) is 11.6 Å². The third-order valence-corrected chi connectivity index (χ3v) is 2.45. The minimum absolute atomic E-state index is 0.0140. The average Bonchev–Trinajstić information content (AvgIpc) is 2.04. The summed E-state index contributed by atoms with van der Waals surface area (Å²) < 4.78 is 24.5. The highest BCUT2D eigenvalue weighted by Gasteiger charge is 2.18. The third kappa shape index (κ3) is 2.22. The monoisotopic (exact) mass is 245 g/mol. The molecule has 0 aliphatic carbocycles. The number of hydrogen-bond acceptors (Lipinski definition) is 1. The van der Waals surface area contributed by atoms with E-state index in [9.17, 15) is 8.78 Å². The molecule has 0 aromatic carbocycles. The van der Waals surface area contributed by atoms with Crippen molar-refractivity contribution in [2.75, 3.05) is 0 Å². The molecule has 13 heavy (non-hydrogen) atoms. The van der Waals surface area contributed by atoms with E-state index in [0.717, 1.165) is 6.20 Å². The number of rotatable bonds is 2. The fourth-order valence-electron chi connectivity index (χ4n) is 0.795. The highest BCUT2D eigenvalue weighted by molar-refractivity contribution is 6.37. The Balaban J connectivity index is 3.27. The lowest BCUT2D eigenvalue weighted by Crippen LogP contribution is -1.95. The van der Waals surface area contributed by atoms with Crippen LogP contribution in [-0.2, 0) is 5.88 Å². The SMILES string of the molecule is FC(F)c1ncc(Cl)c(CCl)c1Cl. The first-order valence-corrected chi connectivity index (χ1v) is 4.53. The summed E-state index contributed by atoms with van der Waals surface area (Å²) >= 11 is 16.7. The molecule has 0 fully saturated rings. The summed E-state index contributed by atoms with van der Waals surface area (Å²) in [4.78, 5) is 3.41. The Kier molecular flexibility index (Phi) is 3.71. The van der Waals surface area contributed by atoms with Crippen molar-refractivity contribution in [1.82, 2.24) is 4.98 Å². The van der Waals surface area contributed by atoms with Gasteiger partial charge in [-0.2, -0.15) is 0 Å². The molecule has 1 aromatic heterocycles. The molecular formula is C7H4Cl3F2N. The second-order valence-corrected chi connectivity index (χ2v) is 3.27. The van der Waals surface area contributed by atoms with E-state index < -0.39 is 12.1 Å². The number of pyridine rings is 1. The normalized spacial score (nSPS) is 10.9. The molecule has 0 aliphatic heterocycles. The van der Waals surface area contributed by atoms with Gasteiger partial charge in [-0.1, -0.05) is 23.2 Å². The van der Waals surface area contributed by atoms with Crippen LogP contribution in [-0.4, -0.2) is 4.98 Å². The van der Waals surface area contributed by atoms with Gasteiger partial charge in [-0.25, -0.2) is 8.78 Å². The van der Waals surface area contributed by atoms with Gasteiger partial charge in [-0.3, -0.25) is 4.98 Å². The molecule has 6 heteroatoms. The van der Waals surface area contributed by atoms with Crippen LogP contribution in [0, 0.1) is 0 Å². The van der Waals surface area contributed by atoms with Crippen molar-refractivity contribution >= 4 is 34.8 Å². The van der Waals surface area contributed by atoms with Gasteiger partial charge in [0.05, 0.1) is 15.9 Å². The van der Waals surface area contributed by atoms with Crippen LogP contribution in [0.15, 0.2) is 6.20 Å². The van der Waals surface area contributed by atoms with Crippen molar-refractivity contribution in [3.63, 3.8) is 0 Å². The molecule has 1 aromatic rings. The Morgan fingerprint density at radius 1 is 1.38 bits per heavy atom. The van der Waals surface area contributed by atoms with Crippen LogP contribution in [0.4, 0.5) is 8.78 Å². The smallest absolute Gasteiger partial charge is 0.252 e. The molecule has 0 spiro atoms. The van der Waals surface area contributed by atoms with Gasteiger partial charge < -0.3 is 0 Å². The first kappa shape index (κ1) is 11.0. The van der Waals surface area contributed by atoms with Crippen molar-refractivity contribution in [2.24, 2.45) is 0 Å². The lowest BCUT2D eigenvalue weighted by molar-refractivity contribution is 0.146. The number of hydrogen-bond donors (Lipinski definition) is 0. The summed E-state index contributed by atoms with van der Waals surface area (Å²) in [7, 11) is 0. The lowest BCUT2D eigenvalue weighted by atomic mass is 10.2.